The molecule has 2 aromatic rings. The topological polar surface area (TPSA) is 44.8 Å². The fourth-order valence-electron chi connectivity index (χ4n) is 3.45. The highest BCUT2D eigenvalue weighted by molar-refractivity contribution is 5.90. The average molecular weight is 382 g/mol. The summed E-state index contributed by atoms with van der Waals surface area (Å²) in [6, 6.07) is 14.2. The molecule has 3 rings (SSSR count). The molecule has 1 aliphatic heterocycles. The van der Waals surface area contributed by atoms with Crippen molar-refractivity contribution in [3.8, 4) is 5.75 Å². The number of rotatable bonds is 7. The first-order valence-electron chi connectivity index (χ1n) is 9.99. The van der Waals surface area contributed by atoms with E-state index in [1.165, 1.54) is 11.1 Å². The van der Waals surface area contributed by atoms with Crippen molar-refractivity contribution in [2.45, 2.75) is 26.8 Å². The molecule has 0 saturated carbocycles. The van der Waals surface area contributed by atoms with Crippen LogP contribution in [0.3, 0.4) is 0 Å². The lowest BCUT2D eigenvalue weighted by molar-refractivity contribution is -0.116. The normalized spacial score (nSPS) is 15.4. The molecule has 0 bridgehead atoms. The van der Waals surface area contributed by atoms with Crippen molar-refractivity contribution in [2.24, 2.45) is 0 Å². The van der Waals surface area contributed by atoms with Crippen molar-refractivity contribution >= 4 is 11.6 Å². The number of hydrogen-bond acceptors (Lipinski definition) is 4. The van der Waals surface area contributed by atoms with Crippen molar-refractivity contribution in [1.29, 1.82) is 0 Å². The molecule has 28 heavy (non-hydrogen) atoms. The van der Waals surface area contributed by atoms with Crippen LogP contribution in [0.1, 0.15) is 23.1 Å². The molecule has 0 unspecified atom stereocenters. The van der Waals surface area contributed by atoms with Gasteiger partial charge in [-0.15, -0.1) is 0 Å². The third-order valence-corrected chi connectivity index (χ3v) is 5.13. The van der Waals surface area contributed by atoms with Crippen LogP contribution in [0.2, 0.25) is 0 Å². The van der Waals surface area contributed by atoms with E-state index in [0.717, 1.165) is 49.7 Å². The second kappa shape index (κ2) is 9.71. The summed E-state index contributed by atoms with van der Waals surface area (Å²) in [5.41, 5.74) is 4.38. The summed E-state index contributed by atoms with van der Waals surface area (Å²) >= 11 is 0. The van der Waals surface area contributed by atoms with Gasteiger partial charge in [-0.05, 0) is 50.2 Å². The monoisotopic (exact) mass is 381 g/mol. The molecule has 0 aliphatic carbocycles. The molecule has 1 aliphatic rings. The van der Waals surface area contributed by atoms with Crippen molar-refractivity contribution in [3.05, 3.63) is 59.2 Å². The molecule has 0 aromatic heterocycles. The van der Waals surface area contributed by atoms with E-state index in [1.54, 1.807) is 0 Å². The van der Waals surface area contributed by atoms with Crippen LogP contribution in [0, 0.1) is 13.8 Å². The van der Waals surface area contributed by atoms with E-state index in [1.807, 2.05) is 31.2 Å². The van der Waals surface area contributed by atoms with E-state index >= 15 is 0 Å². The Balaban J connectivity index is 1.46. The summed E-state index contributed by atoms with van der Waals surface area (Å²) in [4.78, 5) is 17.1. The predicted octanol–water partition coefficient (Wildman–Crippen LogP) is 3.46. The second-order valence-corrected chi connectivity index (χ2v) is 7.70. The average Bonchev–Trinajstić information content (AvgIpc) is 2.66. The van der Waals surface area contributed by atoms with E-state index in [-0.39, 0.29) is 5.91 Å². The number of amides is 1. The molecule has 1 amide bonds. The molecular formula is C23H31N3O2. The molecule has 1 heterocycles. The number of hydrogen-bond donors (Lipinski definition) is 1. The van der Waals surface area contributed by atoms with Crippen molar-refractivity contribution in [1.82, 2.24) is 9.80 Å². The van der Waals surface area contributed by atoms with Gasteiger partial charge in [-0.25, -0.2) is 0 Å². The van der Waals surface area contributed by atoms with Crippen LogP contribution >= 0.6 is 0 Å². The van der Waals surface area contributed by atoms with Gasteiger partial charge in [0.05, 0.1) is 13.0 Å². The van der Waals surface area contributed by atoms with Gasteiger partial charge in [0.1, 0.15) is 5.75 Å². The van der Waals surface area contributed by atoms with Gasteiger partial charge in [-0.1, -0.05) is 29.8 Å². The number of benzene rings is 2. The van der Waals surface area contributed by atoms with Crippen LogP contribution in [-0.2, 0) is 11.3 Å². The lowest BCUT2D eigenvalue weighted by atomic mass is 10.1. The van der Waals surface area contributed by atoms with Crippen LogP contribution in [0.4, 0.5) is 5.69 Å². The number of carbonyl (C=O) groups is 1. The molecule has 1 fully saturated rings. The Labute approximate surface area is 168 Å². The van der Waals surface area contributed by atoms with Gasteiger partial charge in [0.2, 0.25) is 5.91 Å². The number of carbonyl (C=O) groups excluding carboxylic acids is 1. The molecule has 0 radical (unpaired) electrons. The van der Waals surface area contributed by atoms with E-state index in [9.17, 15) is 4.79 Å². The molecule has 0 atom stereocenters. The largest absolute Gasteiger partial charge is 0.493 e. The minimum Gasteiger partial charge on any atom is -0.493 e. The van der Waals surface area contributed by atoms with Gasteiger partial charge in [0.15, 0.2) is 0 Å². The van der Waals surface area contributed by atoms with Gasteiger partial charge in [-0.3, -0.25) is 9.69 Å². The number of nitrogens with zero attached hydrogens (tertiary/aromatic N) is 2. The van der Waals surface area contributed by atoms with Crippen LogP contribution < -0.4 is 10.1 Å². The number of likely N-dealkylation sites (N-methyl/N-ethyl adjacent to an activating group) is 1. The number of anilines is 1. The van der Waals surface area contributed by atoms with Crippen LogP contribution in [0.15, 0.2) is 42.5 Å². The fraction of sp³-hybridized carbons (Fsp3) is 0.435. The van der Waals surface area contributed by atoms with Crippen LogP contribution in [-0.4, -0.2) is 55.5 Å². The van der Waals surface area contributed by atoms with E-state index in [2.05, 4.69) is 47.3 Å². The maximum absolute atomic E-state index is 12.3. The summed E-state index contributed by atoms with van der Waals surface area (Å²) in [7, 11) is 2.16. The second-order valence-electron chi connectivity index (χ2n) is 7.70. The highest BCUT2D eigenvalue weighted by atomic mass is 16.5. The summed E-state index contributed by atoms with van der Waals surface area (Å²) < 4.78 is 5.76. The standard InChI is InChI=1S/C23H31N3O2/c1-18-7-8-22(19(2)15-18)28-14-9-23(27)24-21-6-4-5-20(16-21)17-26-12-10-25(3)11-13-26/h4-8,15-16H,9-14,17H2,1-3H3,(H,24,27). The molecule has 150 valence electrons. The van der Waals surface area contributed by atoms with Crippen molar-refractivity contribution in [3.63, 3.8) is 0 Å². The van der Waals surface area contributed by atoms with E-state index < -0.39 is 0 Å². The van der Waals surface area contributed by atoms with Gasteiger partial charge in [0.25, 0.3) is 0 Å². The summed E-state index contributed by atoms with van der Waals surface area (Å²) in [6.07, 6.45) is 0.329. The Morgan fingerprint density at radius 2 is 1.86 bits per heavy atom. The first-order valence-corrected chi connectivity index (χ1v) is 9.99. The van der Waals surface area contributed by atoms with Gasteiger partial charge in [-0.2, -0.15) is 0 Å². The van der Waals surface area contributed by atoms with E-state index in [0.29, 0.717) is 13.0 Å². The Bertz CT molecular complexity index is 798. The predicted molar refractivity (Wildman–Crippen MR) is 114 cm³/mol. The number of aryl methyl sites for hydroxylation is 2. The molecular weight excluding hydrogens is 350 g/mol. The number of piperazine rings is 1. The summed E-state index contributed by atoms with van der Waals surface area (Å²) in [6.45, 7) is 9.76. The quantitative estimate of drug-likeness (QED) is 0.798. The third-order valence-electron chi connectivity index (χ3n) is 5.13. The third kappa shape index (κ3) is 6.08. The molecule has 5 heteroatoms. The Hall–Kier alpha value is -2.37. The minimum absolute atomic E-state index is 0.0264. The van der Waals surface area contributed by atoms with Crippen molar-refractivity contribution in [2.75, 3.05) is 45.2 Å². The van der Waals surface area contributed by atoms with E-state index in [4.69, 9.17) is 4.74 Å². The molecule has 2 aromatic carbocycles. The Kier molecular flexibility index (Phi) is 7.06. The minimum atomic E-state index is -0.0264. The lowest BCUT2D eigenvalue weighted by Gasteiger charge is -2.32. The highest BCUT2D eigenvalue weighted by Crippen LogP contribution is 2.19. The van der Waals surface area contributed by atoms with Crippen LogP contribution in [0.5, 0.6) is 5.75 Å². The lowest BCUT2D eigenvalue weighted by Crippen LogP contribution is -2.43. The zero-order valence-electron chi connectivity index (χ0n) is 17.2. The SMILES string of the molecule is Cc1ccc(OCCC(=O)Nc2cccc(CN3CCN(C)CC3)c2)c(C)c1. The Morgan fingerprint density at radius 1 is 1.07 bits per heavy atom. The van der Waals surface area contributed by atoms with Crippen molar-refractivity contribution < 1.29 is 9.53 Å². The van der Waals surface area contributed by atoms with Crippen LogP contribution in [0.25, 0.3) is 0 Å². The summed E-state index contributed by atoms with van der Waals surface area (Å²) in [5.74, 6) is 0.814. The Morgan fingerprint density at radius 3 is 2.61 bits per heavy atom. The maximum atomic E-state index is 12.3. The molecule has 1 N–H and O–H groups in total. The van der Waals surface area contributed by atoms with Gasteiger partial charge < -0.3 is 15.0 Å². The summed E-state index contributed by atoms with van der Waals surface area (Å²) in [5, 5.41) is 2.99. The molecule has 5 nitrogen and oxygen atoms in total. The first kappa shape index (κ1) is 20.4. The maximum Gasteiger partial charge on any atom is 0.227 e. The number of ether oxygens (including phenoxy) is 1. The zero-order chi connectivity index (χ0) is 19.9. The van der Waals surface area contributed by atoms with Gasteiger partial charge in [0, 0.05) is 38.4 Å². The molecule has 1 saturated heterocycles. The molecule has 0 spiro atoms. The zero-order valence-corrected chi connectivity index (χ0v) is 17.2. The fourth-order valence-corrected chi connectivity index (χ4v) is 3.45. The van der Waals surface area contributed by atoms with Gasteiger partial charge >= 0.3 is 0 Å². The number of nitrogens with one attached hydrogen (secondary N) is 1. The smallest absolute Gasteiger partial charge is 0.227 e. The first-order chi connectivity index (χ1) is 13.5. The highest BCUT2D eigenvalue weighted by Gasteiger charge is 2.14.